The highest BCUT2D eigenvalue weighted by Gasteiger charge is 2.30. The lowest BCUT2D eigenvalue weighted by Gasteiger charge is -2.33. The number of nitrogens with zero attached hydrogens (tertiary/aromatic N) is 1. The van der Waals surface area contributed by atoms with Crippen LogP contribution in [-0.4, -0.2) is 31.9 Å². The molecule has 31 heavy (non-hydrogen) atoms. The van der Waals surface area contributed by atoms with Gasteiger partial charge in [0.05, 0.1) is 5.52 Å². The predicted molar refractivity (Wildman–Crippen MR) is 122 cm³/mol. The number of para-hydroxylation sites is 1. The van der Waals surface area contributed by atoms with E-state index in [0.717, 1.165) is 37.5 Å². The normalized spacial score (nSPS) is 27.1. The summed E-state index contributed by atoms with van der Waals surface area (Å²) >= 11 is 0. The maximum Gasteiger partial charge on any atom is 0.242 e. The Morgan fingerprint density at radius 3 is 2.55 bits per heavy atom. The molecule has 2 fully saturated rings. The quantitative estimate of drug-likeness (QED) is 0.706. The first-order chi connectivity index (χ1) is 14.9. The molecule has 2 aliphatic carbocycles. The van der Waals surface area contributed by atoms with Crippen LogP contribution in [-0.2, 0) is 14.8 Å². The van der Waals surface area contributed by atoms with Crippen LogP contribution in [0.5, 0.6) is 0 Å². The Bertz CT molecular complexity index is 1010. The second-order valence-electron chi connectivity index (χ2n) is 9.28. The molecule has 1 aromatic carbocycles. The van der Waals surface area contributed by atoms with Gasteiger partial charge >= 0.3 is 0 Å². The van der Waals surface area contributed by atoms with Gasteiger partial charge in [-0.15, -0.1) is 0 Å². The van der Waals surface area contributed by atoms with Crippen molar-refractivity contribution in [1.82, 2.24) is 15.0 Å². The molecule has 1 aromatic heterocycles. The minimum absolute atomic E-state index is 0.0595. The molecule has 6 nitrogen and oxygen atoms in total. The molecule has 2 atom stereocenters. The van der Waals surface area contributed by atoms with Gasteiger partial charge in [-0.3, -0.25) is 9.78 Å². The summed E-state index contributed by atoms with van der Waals surface area (Å²) in [4.78, 5) is 17.2. The van der Waals surface area contributed by atoms with E-state index in [9.17, 15) is 13.2 Å². The highest BCUT2D eigenvalue weighted by Crippen LogP contribution is 2.30. The van der Waals surface area contributed by atoms with Gasteiger partial charge in [0.25, 0.3) is 0 Å². The minimum atomic E-state index is -3.63. The van der Waals surface area contributed by atoms with Crippen LogP contribution in [0.15, 0.2) is 41.4 Å². The van der Waals surface area contributed by atoms with Gasteiger partial charge < -0.3 is 5.32 Å². The van der Waals surface area contributed by atoms with Crippen molar-refractivity contribution in [3.63, 3.8) is 0 Å². The number of hydrogen-bond donors (Lipinski definition) is 2. The van der Waals surface area contributed by atoms with Crippen LogP contribution in [0.2, 0.25) is 0 Å². The van der Waals surface area contributed by atoms with Crippen LogP contribution in [0.1, 0.15) is 58.3 Å². The van der Waals surface area contributed by atoms with E-state index >= 15 is 0 Å². The molecular weight excluding hydrogens is 410 g/mol. The summed E-state index contributed by atoms with van der Waals surface area (Å²) in [5, 5.41) is 4.10. The number of amides is 1. The van der Waals surface area contributed by atoms with Gasteiger partial charge in [0.15, 0.2) is 0 Å². The SMILES string of the molecule is C[C@H]1CCCC[C@@H]1NC(=O)C1CCC(CNS(=O)(=O)c2cccc3cccnc23)CC1. The van der Waals surface area contributed by atoms with E-state index in [0.29, 0.717) is 24.0 Å². The molecule has 4 rings (SSSR count). The van der Waals surface area contributed by atoms with Gasteiger partial charge in [-0.1, -0.05) is 38.0 Å². The van der Waals surface area contributed by atoms with E-state index in [1.54, 1.807) is 24.4 Å². The summed E-state index contributed by atoms with van der Waals surface area (Å²) in [6, 6.07) is 9.19. The summed E-state index contributed by atoms with van der Waals surface area (Å²) in [6.45, 7) is 2.64. The molecule has 0 spiro atoms. The molecule has 0 saturated heterocycles. The first-order valence-electron chi connectivity index (χ1n) is 11.6. The zero-order valence-corrected chi connectivity index (χ0v) is 19.0. The third kappa shape index (κ3) is 5.26. The van der Waals surface area contributed by atoms with Crippen LogP contribution in [0, 0.1) is 17.8 Å². The van der Waals surface area contributed by atoms with Gasteiger partial charge in [0, 0.05) is 30.1 Å². The van der Waals surface area contributed by atoms with Crippen molar-refractivity contribution in [3.8, 4) is 0 Å². The Hall–Kier alpha value is -1.99. The fraction of sp³-hybridized carbons (Fsp3) is 0.583. The zero-order valence-electron chi connectivity index (χ0n) is 18.2. The summed E-state index contributed by atoms with van der Waals surface area (Å²) in [7, 11) is -3.63. The molecule has 1 amide bonds. The largest absolute Gasteiger partial charge is 0.353 e. The van der Waals surface area contributed by atoms with Crippen molar-refractivity contribution in [2.75, 3.05) is 6.54 Å². The summed E-state index contributed by atoms with van der Waals surface area (Å²) in [5.41, 5.74) is 0.495. The molecule has 0 unspecified atom stereocenters. The Balaban J connectivity index is 1.29. The number of carbonyl (C=O) groups is 1. The third-order valence-electron chi connectivity index (χ3n) is 7.10. The zero-order chi connectivity index (χ0) is 21.8. The van der Waals surface area contributed by atoms with Crippen molar-refractivity contribution in [2.45, 2.75) is 69.2 Å². The highest BCUT2D eigenvalue weighted by molar-refractivity contribution is 7.89. The van der Waals surface area contributed by atoms with E-state index in [1.165, 1.54) is 19.3 Å². The lowest BCUT2D eigenvalue weighted by Crippen LogP contribution is -2.44. The monoisotopic (exact) mass is 443 g/mol. The fourth-order valence-electron chi connectivity index (χ4n) is 5.06. The lowest BCUT2D eigenvalue weighted by molar-refractivity contribution is -0.127. The number of sulfonamides is 1. The number of hydrogen-bond acceptors (Lipinski definition) is 4. The van der Waals surface area contributed by atoms with Crippen LogP contribution in [0.4, 0.5) is 0 Å². The summed E-state index contributed by atoms with van der Waals surface area (Å²) < 4.78 is 28.6. The number of fused-ring (bicyclic) bond motifs is 1. The average molecular weight is 444 g/mol. The van der Waals surface area contributed by atoms with Gasteiger partial charge in [0.1, 0.15) is 4.90 Å². The fourth-order valence-corrected chi connectivity index (χ4v) is 6.35. The number of pyridine rings is 1. The standard InChI is InChI=1S/C24H33N3O3S/c1-17-6-2-3-9-21(17)27-24(28)20-13-11-18(12-14-20)16-26-31(29,30)22-10-4-7-19-8-5-15-25-23(19)22/h4-5,7-8,10,15,17-18,20-21,26H,2-3,6,9,11-14,16H2,1H3,(H,27,28)/t17-,18?,20?,21-/m0/s1. The number of benzene rings is 1. The van der Waals surface area contributed by atoms with Crippen LogP contribution in [0.3, 0.4) is 0 Å². The average Bonchev–Trinajstić information content (AvgIpc) is 2.79. The molecule has 168 valence electrons. The molecular formula is C24H33N3O3S. The molecule has 7 heteroatoms. The molecule has 0 radical (unpaired) electrons. The number of nitrogens with one attached hydrogen (secondary N) is 2. The Labute approximate surface area is 185 Å². The minimum Gasteiger partial charge on any atom is -0.353 e. The molecule has 2 saturated carbocycles. The van der Waals surface area contributed by atoms with Crippen molar-refractivity contribution in [2.24, 2.45) is 17.8 Å². The number of carbonyl (C=O) groups excluding carboxylic acids is 1. The van der Waals surface area contributed by atoms with E-state index in [1.807, 2.05) is 12.1 Å². The topological polar surface area (TPSA) is 88.2 Å². The van der Waals surface area contributed by atoms with Gasteiger partial charge in [-0.05, 0) is 62.5 Å². The van der Waals surface area contributed by atoms with E-state index in [4.69, 9.17) is 0 Å². The molecule has 0 bridgehead atoms. The van der Waals surface area contributed by atoms with Gasteiger partial charge in [-0.25, -0.2) is 13.1 Å². The Morgan fingerprint density at radius 2 is 1.77 bits per heavy atom. The predicted octanol–water partition coefficient (Wildman–Crippen LogP) is 4.01. The summed E-state index contributed by atoms with van der Waals surface area (Å²) in [5.74, 6) is 1.08. The van der Waals surface area contributed by atoms with Gasteiger partial charge in [-0.2, -0.15) is 0 Å². The first kappa shape index (κ1) is 22.2. The summed E-state index contributed by atoms with van der Waals surface area (Å²) in [6.07, 6.45) is 9.77. The molecule has 0 aliphatic heterocycles. The number of rotatable bonds is 6. The molecule has 2 aliphatic rings. The van der Waals surface area contributed by atoms with Crippen molar-refractivity contribution in [1.29, 1.82) is 0 Å². The van der Waals surface area contributed by atoms with Crippen molar-refractivity contribution >= 4 is 26.8 Å². The highest BCUT2D eigenvalue weighted by atomic mass is 32.2. The Kier molecular flexibility index (Phi) is 6.92. The van der Waals surface area contributed by atoms with E-state index in [2.05, 4.69) is 21.9 Å². The van der Waals surface area contributed by atoms with E-state index in [-0.39, 0.29) is 22.6 Å². The maximum absolute atomic E-state index is 12.9. The van der Waals surface area contributed by atoms with Crippen LogP contribution in [0.25, 0.3) is 10.9 Å². The van der Waals surface area contributed by atoms with Crippen molar-refractivity contribution in [3.05, 3.63) is 36.5 Å². The Morgan fingerprint density at radius 1 is 1.03 bits per heavy atom. The third-order valence-corrected chi connectivity index (χ3v) is 8.56. The molecule has 2 aromatic rings. The first-order valence-corrected chi connectivity index (χ1v) is 13.1. The lowest BCUT2D eigenvalue weighted by atomic mass is 9.80. The second-order valence-corrected chi connectivity index (χ2v) is 11.0. The van der Waals surface area contributed by atoms with Crippen LogP contribution >= 0.6 is 0 Å². The molecule has 1 heterocycles. The van der Waals surface area contributed by atoms with Crippen molar-refractivity contribution < 1.29 is 13.2 Å². The van der Waals surface area contributed by atoms with Gasteiger partial charge in [0.2, 0.25) is 15.9 Å². The second kappa shape index (κ2) is 9.65. The smallest absolute Gasteiger partial charge is 0.242 e. The number of aromatic nitrogens is 1. The van der Waals surface area contributed by atoms with Crippen LogP contribution < -0.4 is 10.0 Å². The maximum atomic E-state index is 12.9. The van der Waals surface area contributed by atoms with E-state index < -0.39 is 10.0 Å². The molecule has 2 N–H and O–H groups in total.